The Morgan fingerprint density at radius 3 is 2.86 bits per heavy atom. The Kier molecular flexibility index (Phi) is 2.49. The summed E-state index contributed by atoms with van der Waals surface area (Å²) in [5.74, 6) is 1.75. The Bertz CT molecular complexity index is 328. The van der Waals surface area contributed by atoms with Crippen LogP contribution in [0.15, 0.2) is 18.2 Å². The van der Waals surface area contributed by atoms with Gasteiger partial charge in [0.05, 0.1) is 0 Å². The number of benzene rings is 1. The fourth-order valence-electron chi connectivity index (χ4n) is 2.06. The Labute approximate surface area is 86.1 Å². The predicted octanol–water partition coefficient (Wildman–Crippen LogP) is 3.34. The standard InChI is InChI=1S/C13H18O/c1-9(2)12-8-7-11-6-4-5-10(3)13(11)14-12/h4-6,9,12H,7-8H2,1-3H3. The summed E-state index contributed by atoms with van der Waals surface area (Å²) < 4.78 is 6.02. The number of hydrogen-bond donors (Lipinski definition) is 0. The summed E-state index contributed by atoms with van der Waals surface area (Å²) in [5.41, 5.74) is 2.65. The molecule has 1 atom stereocenters. The van der Waals surface area contributed by atoms with Crippen molar-refractivity contribution in [2.24, 2.45) is 5.92 Å². The van der Waals surface area contributed by atoms with Gasteiger partial charge in [0.1, 0.15) is 11.9 Å². The van der Waals surface area contributed by atoms with Crippen LogP contribution in [0.2, 0.25) is 0 Å². The van der Waals surface area contributed by atoms with Gasteiger partial charge in [-0.3, -0.25) is 0 Å². The molecule has 0 N–H and O–H groups in total. The van der Waals surface area contributed by atoms with Crippen molar-refractivity contribution in [3.63, 3.8) is 0 Å². The normalized spacial score (nSPS) is 20.4. The summed E-state index contributed by atoms with van der Waals surface area (Å²) in [6, 6.07) is 6.42. The quantitative estimate of drug-likeness (QED) is 0.660. The van der Waals surface area contributed by atoms with Crippen LogP contribution in [0.25, 0.3) is 0 Å². The second-order valence-electron chi connectivity index (χ2n) is 4.50. The van der Waals surface area contributed by atoms with E-state index in [4.69, 9.17) is 4.74 Å². The van der Waals surface area contributed by atoms with Crippen LogP contribution in [0.5, 0.6) is 5.75 Å². The van der Waals surface area contributed by atoms with E-state index in [1.54, 1.807) is 0 Å². The molecule has 0 aliphatic carbocycles. The van der Waals surface area contributed by atoms with Gasteiger partial charge in [0, 0.05) is 0 Å². The average molecular weight is 190 g/mol. The van der Waals surface area contributed by atoms with Crippen molar-refractivity contribution in [2.45, 2.75) is 39.7 Å². The number of aryl methyl sites for hydroxylation is 2. The first-order chi connectivity index (χ1) is 6.68. The molecule has 1 heteroatoms. The first kappa shape index (κ1) is 9.57. The summed E-state index contributed by atoms with van der Waals surface area (Å²) in [7, 11) is 0. The molecule has 1 heterocycles. The molecule has 0 bridgehead atoms. The molecule has 0 saturated heterocycles. The largest absolute Gasteiger partial charge is 0.490 e. The van der Waals surface area contributed by atoms with Crippen molar-refractivity contribution >= 4 is 0 Å². The van der Waals surface area contributed by atoms with Gasteiger partial charge in [0.15, 0.2) is 0 Å². The summed E-state index contributed by atoms with van der Waals surface area (Å²) >= 11 is 0. The highest BCUT2D eigenvalue weighted by atomic mass is 16.5. The lowest BCUT2D eigenvalue weighted by molar-refractivity contribution is 0.126. The summed E-state index contributed by atoms with van der Waals surface area (Å²) in [6.07, 6.45) is 2.73. The monoisotopic (exact) mass is 190 g/mol. The molecular formula is C13H18O. The van der Waals surface area contributed by atoms with Crippen LogP contribution in [-0.2, 0) is 6.42 Å². The molecule has 1 unspecified atom stereocenters. The molecule has 76 valence electrons. The topological polar surface area (TPSA) is 9.23 Å². The Morgan fingerprint density at radius 2 is 2.14 bits per heavy atom. The van der Waals surface area contributed by atoms with E-state index in [1.165, 1.54) is 17.5 Å². The number of rotatable bonds is 1. The summed E-state index contributed by atoms with van der Waals surface area (Å²) in [6.45, 7) is 6.59. The van der Waals surface area contributed by atoms with Gasteiger partial charge < -0.3 is 4.74 Å². The minimum atomic E-state index is 0.406. The van der Waals surface area contributed by atoms with E-state index in [9.17, 15) is 0 Å². The van der Waals surface area contributed by atoms with E-state index in [2.05, 4.69) is 39.0 Å². The maximum atomic E-state index is 6.02. The maximum Gasteiger partial charge on any atom is 0.125 e. The third-order valence-corrected chi connectivity index (χ3v) is 3.00. The molecule has 0 amide bonds. The third-order valence-electron chi connectivity index (χ3n) is 3.00. The first-order valence-electron chi connectivity index (χ1n) is 5.43. The fraction of sp³-hybridized carbons (Fsp3) is 0.538. The number of hydrogen-bond acceptors (Lipinski definition) is 1. The second kappa shape index (κ2) is 3.64. The van der Waals surface area contributed by atoms with E-state index in [1.807, 2.05) is 0 Å². The highest BCUT2D eigenvalue weighted by Crippen LogP contribution is 2.32. The van der Waals surface area contributed by atoms with Crippen molar-refractivity contribution < 1.29 is 4.74 Å². The van der Waals surface area contributed by atoms with Crippen LogP contribution in [0.4, 0.5) is 0 Å². The van der Waals surface area contributed by atoms with Crippen LogP contribution in [-0.4, -0.2) is 6.10 Å². The molecule has 14 heavy (non-hydrogen) atoms. The SMILES string of the molecule is Cc1cccc2c1OC(C(C)C)CC2. The third kappa shape index (κ3) is 1.63. The van der Waals surface area contributed by atoms with E-state index in [-0.39, 0.29) is 0 Å². The lowest BCUT2D eigenvalue weighted by Crippen LogP contribution is -2.28. The Balaban J connectivity index is 2.29. The molecule has 0 radical (unpaired) electrons. The van der Waals surface area contributed by atoms with Gasteiger partial charge in [-0.25, -0.2) is 0 Å². The maximum absolute atomic E-state index is 6.02. The van der Waals surface area contributed by atoms with Gasteiger partial charge in [-0.05, 0) is 36.8 Å². The smallest absolute Gasteiger partial charge is 0.125 e. The molecule has 0 spiro atoms. The van der Waals surface area contributed by atoms with Gasteiger partial charge in [-0.1, -0.05) is 32.0 Å². The van der Waals surface area contributed by atoms with Gasteiger partial charge in [0.25, 0.3) is 0 Å². The molecule has 1 aliphatic rings. The number of fused-ring (bicyclic) bond motifs is 1. The van der Waals surface area contributed by atoms with Gasteiger partial charge in [-0.15, -0.1) is 0 Å². The zero-order valence-electron chi connectivity index (χ0n) is 9.21. The molecule has 1 aromatic carbocycles. The second-order valence-corrected chi connectivity index (χ2v) is 4.50. The first-order valence-corrected chi connectivity index (χ1v) is 5.43. The lowest BCUT2D eigenvalue weighted by Gasteiger charge is -2.29. The summed E-state index contributed by atoms with van der Waals surface area (Å²) in [4.78, 5) is 0. The highest BCUT2D eigenvalue weighted by molar-refractivity contribution is 5.42. The van der Waals surface area contributed by atoms with E-state index in [0.717, 1.165) is 12.2 Å². The van der Waals surface area contributed by atoms with Crippen LogP contribution in [0.3, 0.4) is 0 Å². The van der Waals surface area contributed by atoms with E-state index < -0.39 is 0 Å². The van der Waals surface area contributed by atoms with Crippen LogP contribution in [0, 0.1) is 12.8 Å². The van der Waals surface area contributed by atoms with Crippen molar-refractivity contribution in [2.75, 3.05) is 0 Å². The Hall–Kier alpha value is -0.980. The molecule has 1 aromatic rings. The van der Waals surface area contributed by atoms with Crippen molar-refractivity contribution in [3.8, 4) is 5.75 Å². The highest BCUT2D eigenvalue weighted by Gasteiger charge is 2.22. The zero-order valence-corrected chi connectivity index (χ0v) is 9.21. The van der Waals surface area contributed by atoms with Crippen molar-refractivity contribution in [1.29, 1.82) is 0 Å². The summed E-state index contributed by atoms with van der Waals surface area (Å²) in [5, 5.41) is 0. The van der Waals surface area contributed by atoms with Gasteiger partial charge >= 0.3 is 0 Å². The fourth-order valence-corrected chi connectivity index (χ4v) is 2.06. The van der Waals surface area contributed by atoms with Gasteiger partial charge in [-0.2, -0.15) is 0 Å². The van der Waals surface area contributed by atoms with E-state index in [0.29, 0.717) is 12.0 Å². The van der Waals surface area contributed by atoms with Crippen LogP contribution in [0.1, 0.15) is 31.4 Å². The Morgan fingerprint density at radius 1 is 1.36 bits per heavy atom. The van der Waals surface area contributed by atoms with E-state index >= 15 is 0 Å². The lowest BCUT2D eigenvalue weighted by atomic mass is 9.94. The number of para-hydroxylation sites is 1. The minimum absolute atomic E-state index is 0.406. The van der Waals surface area contributed by atoms with Crippen molar-refractivity contribution in [1.82, 2.24) is 0 Å². The molecule has 2 rings (SSSR count). The minimum Gasteiger partial charge on any atom is -0.490 e. The zero-order chi connectivity index (χ0) is 10.1. The molecular weight excluding hydrogens is 172 g/mol. The van der Waals surface area contributed by atoms with Crippen LogP contribution < -0.4 is 4.74 Å². The predicted molar refractivity (Wildman–Crippen MR) is 58.8 cm³/mol. The van der Waals surface area contributed by atoms with Gasteiger partial charge in [0.2, 0.25) is 0 Å². The van der Waals surface area contributed by atoms with Crippen LogP contribution >= 0.6 is 0 Å². The molecule has 0 fully saturated rings. The van der Waals surface area contributed by atoms with Crippen molar-refractivity contribution in [3.05, 3.63) is 29.3 Å². The molecule has 1 aliphatic heterocycles. The average Bonchev–Trinajstić information content (AvgIpc) is 2.18. The molecule has 0 aromatic heterocycles. The number of ether oxygens (including phenoxy) is 1. The molecule has 0 saturated carbocycles. The molecule has 1 nitrogen and oxygen atoms in total.